The largest absolute Gasteiger partial charge is 0.394 e. The third kappa shape index (κ3) is 17.6. The highest BCUT2D eigenvalue weighted by Gasteiger charge is 2.00. The van der Waals surface area contributed by atoms with Crippen LogP contribution < -0.4 is 0 Å². The van der Waals surface area contributed by atoms with E-state index in [4.69, 9.17) is 39.0 Å². The van der Waals surface area contributed by atoms with Gasteiger partial charge in [0.05, 0.1) is 79.3 Å². The van der Waals surface area contributed by atoms with Crippen molar-refractivity contribution in [2.45, 2.75) is 6.10 Å². The molecule has 1 unspecified atom stereocenters. The lowest BCUT2D eigenvalue weighted by Gasteiger charge is -2.09. The van der Waals surface area contributed by atoms with Crippen LogP contribution in [-0.4, -0.2) is 101 Å². The lowest BCUT2D eigenvalue weighted by molar-refractivity contribution is -0.0293. The van der Waals surface area contributed by atoms with Gasteiger partial charge in [0.2, 0.25) is 0 Å². The van der Waals surface area contributed by atoms with Crippen molar-refractivity contribution in [1.82, 2.24) is 0 Å². The molecule has 8 heteroatoms. The number of aliphatic hydroxyl groups excluding tert-OH is 3. The van der Waals surface area contributed by atoms with Crippen LogP contribution in [0.1, 0.15) is 0 Å². The number of aliphatic hydroxyl groups is 3. The first-order valence-corrected chi connectivity index (χ1v) is 7.09. The summed E-state index contributed by atoms with van der Waals surface area (Å²) in [6, 6.07) is 0. The number of hydrogen-bond donors (Lipinski definition) is 3. The molecule has 0 amide bonds. The summed E-state index contributed by atoms with van der Waals surface area (Å²) in [5.74, 6) is 0. The predicted octanol–water partition coefficient (Wildman–Crippen LogP) is -1.59. The van der Waals surface area contributed by atoms with Crippen LogP contribution >= 0.6 is 0 Å². The molecule has 0 bridgehead atoms. The Morgan fingerprint density at radius 1 is 0.571 bits per heavy atom. The van der Waals surface area contributed by atoms with E-state index in [-0.39, 0.29) is 19.8 Å². The van der Waals surface area contributed by atoms with Crippen LogP contribution in [0.25, 0.3) is 0 Å². The van der Waals surface area contributed by atoms with Gasteiger partial charge in [-0.1, -0.05) is 0 Å². The molecule has 0 saturated heterocycles. The summed E-state index contributed by atoms with van der Waals surface area (Å²) >= 11 is 0. The monoisotopic (exact) mass is 312 g/mol. The Morgan fingerprint density at radius 3 is 1.33 bits per heavy atom. The smallest absolute Gasteiger partial charge is 0.100 e. The lowest BCUT2D eigenvalue weighted by atomic mass is 10.4. The highest BCUT2D eigenvalue weighted by atomic mass is 16.6. The maximum Gasteiger partial charge on any atom is 0.100 e. The predicted molar refractivity (Wildman–Crippen MR) is 74.3 cm³/mol. The summed E-state index contributed by atoms with van der Waals surface area (Å²) < 4.78 is 25.8. The molecule has 0 rings (SSSR count). The van der Waals surface area contributed by atoms with Crippen molar-refractivity contribution in [3.63, 3.8) is 0 Å². The van der Waals surface area contributed by atoms with Gasteiger partial charge in [0, 0.05) is 0 Å². The zero-order valence-corrected chi connectivity index (χ0v) is 12.4. The molecule has 8 nitrogen and oxygen atoms in total. The first kappa shape index (κ1) is 20.7. The van der Waals surface area contributed by atoms with Crippen molar-refractivity contribution in [3.05, 3.63) is 0 Å². The minimum Gasteiger partial charge on any atom is -0.394 e. The van der Waals surface area contributed by atoms with Gasteiger partial charge in [0.1, 0.15) is 6.10 Å². The molecule has 128 valence electrons. The first-order chi connectivity index (χ1) is 10.3. The molecule has 0 heterocycles. The van der Waals surface area contributed by atoms with Crippen LogP contribution in [0, 0.1) is 0 Å². The molecule has 1 atom stereocenters. The Balaban J connectivity index is 2.96. The molecule has 3 N–H and O–H groups in total. The molecule has 0 spiro atoms. The van der Waals surface area contributed by atoms with Crippen molar-refractivity contribution >= 4 is 0 Å². The van der Waals surface area contributed by atoms with Crippen LogP contribution in [0.2, 0.25) is 0 Å². The third-order valence-corrected chi connectivity index (χ3v) is 2.24. The second kappa shape index (κ2) is 17.7. The Hall–Kier alpha value is -0.320. The second-order valence-corrected chi connectivity index (χ2v) is 4.08. The maximum absolute atomic E-state index is 9.00. The van der Waals surface area contributed by atoms with Crippen molar-refractivity contribution in [1.29, 1.82) is 0 Å². The lowest BCUT2D eigenvalue weighted by Crippen LogP contribution is -2.21. The number of ether oxygens (including phenoxy) is 5. The second-order valence-electron chi connectivity index (χ2n) is 4.08. The van der Waals surface area contributed by atoms with Gasteiger partial charge in [-0.15, -0.1) is 0 Å². The van der Waals surface area contributed by atoms with E-state index in [0.717, 1.165) is 0 Å². The van der Waals surface area contributed by atoms with Crippen LogP contribution in [0.5, 0.6) is 0 Å². The molecule has 0 aromatic heterocycles. The van der Waals surface area contributed by atoms with Crippen molar-refractivity contribution in [3.8, 4) is 0 Å². The van der Waals surface area contributed by atoms with E-state index in [9.17, 15) is 0 Å². The summed E-state index contributed by atoms with van der Waals surface area (Å²) in [4.78, 5) is 0. The van der Waals surface area contributed by atoms with E-state index in [0.29, 0.717) is 59.5 Å². The number of rotatable bonds is 17. The Kier molecular flexibility index (Phi) is 17.5. The van der Waals surface area contributed by atoms with E-state index >= 15 is 0 Å². The van der Waals surface area contributed by atoms with Gasteiger partial charge in [-0.25, -0.2) is 0 Å². The molecule has 0 aliphatic heterocycles. The fourth-order valence-corrected chi connectivity index (χ4v) is 1.22. The molecule has 0 fully saturated rings. The average molecular weight is 312 g/mol. The summed E-state index contributed by atoms with van der Waals surface area (Å²) in [6.45, 7) is 3.82. The maximum atomic E-state index is 9.00. The standard InChI is InChI=1S/C13H28O8/c14-1-2-17-3-4-18-5-6-19-7-8-20-9-10-21-12-13(16)11-15/h13-16H,1-12H2. The minimum absolute atomic E-state index is 0.0240. The SMILES string of the molecule is OCCOCCOCCOCCOCCOCC(O)CO. The fourth-order valence-electron chi connectivity index (χ4n) is 1.22. The van der Waals surface area contributed by atoms with E-state index in [2.05, 4.69) is 0 Å². The molecule has 0 aliphatic carbocycles. The summed E-state index contributed by atoms with van der Waals surface area (Å²) in [5, 5.41) is 26.0. The van der Waals surface area contributed by atoms with Gasteiger partial charge in [0.15, 0.2) is 0 Å². The van der Waals surface area contributed by atoms with Crippen molar-refractivity contribution in [2.75, 3.05) is 79.3 Å². The Morgan fingerprint density at radius 2 is 0.952 bits per heavy atom. The van der Waals surface area contributed by atoms with Crippen molar-refractivity contribution < 1.29 is 39.0 Å². The number of hydrogen-bond acceptors (Lipinski definition) is 8. The fraction of sp³-hybridized carbons (Fsp3) is 1.00. The quantitative estimate of drug-likeness (QED) is 0.276. The molecule has 21 heavy (non-hydrogen) atoms. The molecule has 0 aromatic rings. The normalized spacial score (nSPS) is 12.7. The summed E-state index contributed by atoms with van der Waals surface area (Å²) in [7, 11) is 0. The highest BCUT2D eigenvalue weighted by Crippen LogP contribution is 1.86. The highest BCUT2D eigenvalue weighted by molar-refractivity contribution is 4.48. The van der Waals surface area contributed by atoms with Crippen molar-refractivity contribution in [2.24, 2.45) is 0 Å². The zero-order chi connectivity index (χ0) is 15.6. The van der Waals surface area contributed by atoms with E-state index in [1.165, 1.54) is 0 Å². The van der Waals surface area contributed by atoms with Gasteiger partial charge in [-0.3, -0.25) is 0 Å². The molecular formula is C13H28O8. The van der Waals surface area contributed by atoms with Crippen LogP contribution in [-0.2, 0) is 23.7 Å². The van der Waals surface area contributed by atoms with Gasteiger partial charge in [-0.2, -0.15) is 0 Å². The van der Waals surface area contributed by atoms with E-state index in [1.807, 2.05) is 0 Å². The molecule has 0 radical (unpaired) electrons. The zero-order valence-electron chi connectivity index (χ0n) is 12.4. The molecule has 0 saturated carbocycles. The van der Waals surface area contributed by atoms with Gasteiger partial charge in [-0.05, 0) is 0 Å². The first-order valence-electron chi connectivity index (χ1n) is 7.09. The average Bonchev–Trinajstić information content (AvgIpc) is 2.50. The van der Waals surface area contributed by atoms with Crippen LogP contribution in [0.3, 0.4) is 0 Å². The minimum atomic E-state index is -0.831. The topological polar surface area (TPSA) is 107 Å². The Bertz CT molecular complexity index is 193. The molecule has 0 aromatic carbocycles. The van der Waals surface area contributed by atoms with Crippen LogP contribution in [0.15, 0.2) is 0 Å². The summed E-state index contributed by atoms with van der Waals surface area (Å²) in [5.41, 5.74) is 0. The third-order valence-electron chi connectivity index (χ3n) is 2.24. The molecular weight excluding hydrogens is 284 g/mol. The van der Waals surface area contributed by atoms with E-state index < -0.39 is 6.10 Å². The van der Waals surface area contributed by atoms with Gasteiger partial charge < -0.3 is 39.0 Å². The van der Waals surface area contributed by atoms with Gasteiger partial charge in [0.25, 0.3) is 0 Å². The van der Waals surface area contributed by atoms with Gasteiger partial charge >= 0.3 is 0 Å². The molecule has 0 aliphatic rings. The van der Waals surface area contributed by atoms with Crippen LogP contribution in [0.4, 0.5) is 0 Å². The summed E-state index contributed by atoms with van der Waals surface area (Å²) in [6.07, 6.45) is -0.831. The Labute approximate surface area is 125 Å². The van der Waals surface area contributed by atoms with E-state index in [1.54, 1.807) is 0 Å².